The Bertz CT molecular complexity index is 775. The minimum Gasteiger partial charge on any atom is -0.481 e. The molecule has 2 N–H and O–H groups in total. The van der Waals surface area contributed by atoms with Crippen LogP contribution in [0.2, 0.25) is 0 Å². The monoisotopic (exact) mass is 364 g/mol. The van der Waals surface area contributed by atoms with E-state index in [9.17, 15) is 14.0 Å². The average molecular weight is 364 g/mol. The molecule has 0 aliphatic heterocycles. The first-order chi connectivity index (χ1) is 11.7. The van der Waals surface area contributed by atoms with Crippen LogP contribution in [-0.2, 0) is 16.0 Å². The first-order valence-corrected chi connectivity index (χ1v) is 8.81. The third-order valence-electron chi connectivity index (χ3n) is 4.18. The number of carboxylic acid groups (broad SMARTS) is 1. The van der Waals surface area contributed by atoms with Crippen molar-refractivity contribution >= 4 is 23.2 Å². The van der Waals surface area contributed by atoms with Crippen LogP contribution < -0.4 is 5.32 Å². The topological polar surface area (TPSA) is 79.3 Å². The second-order valence-corrected chi connectivity index (χ2v) is 7.38. The molecular weight excluding hydrogens is 343 g/mol. The fourth-order valence-corrected chi connectivity index (χ4v) is 3.19. The molecule has 1 heterocycles. The van der Waals surface area contributed by atoms with E-state index in [1.54, 1.807) is 24.4 Å². The number of benzene rings is 1. The van der Waals surface area contributed by atoms with Crippen molar-refractivity contribution in [1.82, 2.24) is 10.3 Å². The maximum Gasteiger partial charge on any atom is 0.305 e. The number of carboxylic acids is 1. The average Bonchev–Trinajstić information content (AvgIpc) is 2.94. The van der Waals surface area contributed by atoms with E-state index in [4.69, 9.17) is 5.11 Å². The fourth-order valence-electron chi connectivity index (χ4n) is 2.38. The summed E-state index contributed by atoms with van der Waals surface area (Å²) in [6.07, 6.45) is -0.101. The van der Waals surface area contributed by atoms with Gasteiger partial charge in [0.15, 0.2) is 0 Å². The molecule has 0 radical (unpaired) electrons. The Morgan fingerprint density at radius 3 is 2.72 bits per heavy atom. The van der Waals surface area contributed by atoms with Crippen LogP contribution in [0.5, 0.6) is 0 Å². The van der Waals surface area contributed by atoms with Crippen LogP contribution in [0.3, 0.4) is 0 Å². The van der Waals surface area contributed by atoms with Crippen molar-refractivity contribution < 1.29 is 19.1 Å². The van der Waals surface area contributed by atoms with Crippen molar-refractivity contribution in [2.24, 2.45) is 5.92 Å². The van der Waals surface area contributed by atoms with Crippen LogP contribution in [0.4, 0.5) is 4.39 Å². The quantitative estimate of drug-likeness (QED) is 0.788. The highest BCUT2D eigenvalue weighted by molar-refractivity contribution is 7.13. The van der Waals surface area contributed by atoms with Crippen LogP contribution in [0.15, 0.2) is 29.6 Å². The van der Waals surface area contributed by atoms with E-state index in [1.807, 2.05) is 13.8 Å². The Kier molecular flexibility index (Phi) is 5.89. The standard InChI is InChI=1S/C18H21FN2O3S/c1-11(2)18(3,9-16(23)24)21-15(22)8-14-10-25-17(20-14)12-5-4-6-13(19)7-12/h4-7,10-11H,8-9H2,1-3H3,(H,21,22)(H,23,24). The second kappa shape index (κ2) is 7.74. The number of amides is 1. The van der Waals surface area contributed by atoms with Crippen molar-refractivity contribution in [3.63, 3.8) is 0 Å². The van der Waals surface area contributed by atoms with Crippen molar-refractivity contribution in [3.05, 3.63) is 41.2 Å². The molecule has 2 rings (SSSR count). The first kappa shape index (κ1) is 19.1. The third kappa shape index (κ3) is 5.09. The van der Waals surface area contributed by atoms with Crippen molar-refractivity contribution in [1.29, 1.82) is 0 Å². The van der Waals surface area contributed by atoms with Gasteiger partial charge in [-0.25, -0.2) is 9.37 Å². The minimum atomic E-state index is -0.960. The Morgan fingerprint density at radius 1 is 1.40 bits per heavy atom. The molecule has 1 atom stereocenters. The Hall–Kier alpha value is -2.28. The lowest BCUT2D eigenvalue weighted by Gasteiger charge is -2.33. The largest absolute Gasteiger partial charge is 0.481 e. The normalized spacial score (nSPS) is 13.5. The summed E-state index contributed by atoms with van der Waals surface area (Å²) in [6, 6.07) is 6.12. The fraction of sp³-hybridized carbons (Fsp3) is 0.389. The SMILES string of the molecule is CC(C)C(C)(CC(=O)O)NC(=O)Cc1csc(-c2cccc(F)c2)n1. The highest BCUT2D eigenvalue weighted by atomic mass is 32.1. The number of hydrogen-bond acceptors (Lipinski definition) is 4. The summed E-state index contributed by atoms with van der Waals surface area (Å²) >= 11 is 1.34. The molecule has 7 heteroatoms. The predicted octanol–water partition coefficient (Wildman–Crippen LogP) is 3.50. The van der Waals surface area contributed by atoms with E-state index in [0.29, 0.717) is 16.3 Å². The zero-order valence-electron chi connectivity index (χ0n) is 14.4. The number of carbonyl (C=O) groups excluding carboxylic acids is 1. The smallest absolute Gasteiger partial charge is 0.305 e. The molecule has 25 heavy (non-hydrogen) atoms. The van der Waals surface area contributed by atoms with Gasteiger partial charge in [-0.3, -0.25) is 9.59 Å². The van der Waals surface area contributed by atoms with Crippen molar-refractivity contribution in [2.75, 3.05) is 0 Å². The van der Waals surface area contributed by atoms with Gasteiger partial charge in [0, 0.05) is 16.5 Å². The number of nitrogens with zero attached hydrogens (tertiary/aromatic N) is 1. The highest BCUT2D eigenvalue weighted by Crippen LogP contribution is 2.25. The molecular formula is C18H21FN2O3S. The van der Waals surface area contributed by atoms with E-state index in [-0.39, 0.29) is 30.5 Å². The van der Waals surface area contributed by atoms with Crippen LogP contribution in [-0.4, -0.2) is 27.5 Å². The summed E-state index contributed by atoms with van der Waals surface area (Å²) < 4.78 is 13.3. The number of thiazole rings is 1. The van der Waals surface area contributed by atoms with Crippen LogP contribution in [0.25, 0.3) is 10.6 Å². The highest BCUT2D eigenvalue weighted by Gasteiger charge is 2.32. The van der Waals surface area contributed by atoms with Crippen molar-refractivity contribution in [2.45, 2.75) is 39.2 Å². The molecule has 1 amide bonds. The minimum absolute atomic E-state index is 0.0363. The lowest BCUT2D eigenvalue weighted by molar-refractivity contribution is -0.139. The molecule has 0 aliphatic carbocycles. The maximum atomic E-state index is 13.3. The number of rotatable bonds is 7. The van der Waals surface area contributed by atoms with Crippen LogP contribution in [0.1, 0.15) is 32.9 Å². The van der Waals surface area contributed by atoms with Gasteiger partial charge in [0.25, 0.3) is 0 Å². The molecule has 134 valence electrons. The molecule has 0 saturated carbocycles. The molecule has 1 aromatic carbocycles. The zero-order chi connectivity index (χ0) is 18.6. The van der Waals surface area contributed by atoms with Gasteiger partial charge in [0.05, 0.1) is 18.5 Å². The Balaban J connectivity index is 2.07. The Morgan fingerprint density at radius 2 is 2.12 bits per heavy atom. The molecule has 1 unspecified atom stereocenters. The third-order valence-corrected chi connectivity index (χ3v) is 5.12. The summed E-state index contributed by atoms with van der Waals surface area (Å²) in [5.41, 5.74) is 0.405. The van der Waals surface area contributed by atoms with E-state index >= 15 is 0 Å². The van der Waals surface area contributed by atoms with Crippen LogP contribution in [0, 0.1) is 11.7 Å². The van der Waals surface area contributed by atoms with Crippen LogP contribution >= 0.6 is 11.3 Å². The number of hydrogen-bond donors (Lipinski definition) is 2. The van der Waals surface area contributed by atoms with Gasteiger partial charge in [-0.2, -0.15) is 0 Å². The van der Waals surface area contributed by atoms with Gasteiger partial charge in [-0.15, -0.1) is 11.3 Å². The lowest BCUT2D eigenvalue weighted by Crippen LogP contribution is -2.51. The van der Waals surface area contributed by atoms with E-state index in [1.165, 1.54) is 23.5 Å². The summed E-state index contributed by atoms with van der Waals surface area (Å²) in [6.45, 7) is 5.46. The molecule has 0 fully saturated rings. The van der Waals surface area contributed by atoms with Gasteiger partial charge in [-0.05, 0) is 25.0 Å². The molecule has 0 saturated heterocycles. The van der Waals surface area contributed by atoms with Gasteiger partial charge in [-0.1, -0.05) is 26.0 Å². The van der Waals surface area contributed by atoms with Gasteiger partial charge in [0.2, 0.25) is 5.91 Å². The van der Waals surface area contributed by atoms with Gasteiger partial charge < -0.3 is 10.4 Å². The molecule has 2 aromatic rings. The molecule has 0 spiro atoms. The summed E-state index contributed by atoms with van der Waals surface area (Å²) in [4.78, 5) is 27.7. The summed E-state index contributed by atoms with van der Waals surface area (Å²) in [7, 11) is 0. The van der Waals surface area contributed by atoms with Crippen molar-refractivity contribution in [3.8, 4) is 10.6 Å². The first-order valence-electron chi connectivity index (χ1n) is 7.93. The van der Waals surface area contributed by atoms with E-state index in [2.05, 4.69) is 10.3 Å². The molecule has 1 aromatic heterocycles. The number of carbonyl (C=O) groups is 2. The summed E-state index contributed by atoms with van der Waals surface area (Å²) in [5, 5.41) is 14.3. The number of halogens is 1. The summed E-state index contributed by atoms with van der Waals surface area (Å²) in [5.74, 6) is -1.62. The Labute approximate surface area is 149 Å². The van der Waals surface area contributed by atoms with Gasteiger partial charge >= 0.3 is 5.97 Å². The second-order valence-electron chi connectivity index (χ2n) is 6.52. The zero-order valence-corrected chi connectivity index (χ0v) is 15.2. The predicted molar refractivity (Wildman–Crippen MR) is 94.9 cm³/mol. The number of nitrogens with one attached hydrogen (secondary N) is 1. The van der Waals surface area contributed by atoms with E-state index < -0.39 is 11.5 Å². The lowest BCUT2D eigenvalue weighted by atomic mass is 9.85. The maximum absolute atomic E-state index is 13.3. The molecule has 5 nitrogen and oxygen atoms in total. The van der Waals surface area contributed by atoms with E-state index in [0.717, 1.165) is 0 Å². The molecule has 0 bridgehead atoms. The number of aliphatic carboxylic acids is 1. The van der Waals surface area contributed by atoms with Gasteiger partial charge in [0.1, 0.15) is 10.8 Å². The number of aromatic nitrogens is 1. The molecule has 0 aliphatic rings.